The van der Waals surface area contributed by atoms with E-state index in [4.69, 9.17) is 9.72 Å². The zero-order chi connectivity index (χ0) is 23.3. The van der Waals surface area contributed by atoms with Crippen LogP contribution in [-0.4, -0.2) is 22.1 Å². The van der Waals surface area contributed by atoms with E-state index in [2.05, 4.69) is 40.2 Å². The van der Waals surface area contributed by atoms with E-state index in [1.165, 1.54) is 10.8 Å². The summed E-state index contributed by atoms with van der Waals surface area (Å²) in [7, 11) is 0. The van der Waals surface area contributed by atoms with Gasteiger partial charge in [-0.05, 0) is 60.5 Å². The fourth-order valence-corrected chi connectivity index (χ4v) is 4.26. The molecule has 0 saturated carbocycles. The maximum atomic E-state index is 12.7. The Morgan fingerprint density at radius 3 is 2.50 bits per heavy atom. The van der Waals surface area contributed by atoms with Crippen molar-refractivity contribution in [3.05, 3.63) is 108 Å². The van der Waals surface area contributed by atoms with Crippen LogP contribution in [0, 0.1) is 0 Å². The van der Waals surface area contributed by atoms with Crippen LogP contribution in [0.2, 0.25) is 0 Å². The summed E-state index contributed by atoms with van der Waals surface area (Å²) in [5, 5.41) is 5.47. The van der Waals surface area contributed by atoms with Crippen molar-refractivity contribution < 1.29 is 9.53 Å². The second-order valence-electron chi connectivity index (χ2n) is 8.38. The third-order valence-electron chi connectivity index (χ3n) is 5.97. The lowest BCUT2D eigenvalue weighted by molar-refractivity contribution is 0.0937. The number of hydrogen-bond donors (Lipinski definition) is 1. The highest BCUT2D eigenvalue weighted by molar-refractivity contribution is 5.94. The number of nitrogens with one attached hydrogen (secondary N) is 1. The summed E-state index contributed by atoms with van der Waals surface area (Å²) in [5.74, 6) is 1.61. The van der Waals surface area contributed by atoms with E-state index in [1.54, 1.807) is 0 Å². The standard InChI is InChI=1S/C29H27N3O2/c1-21(30-29(33)23-11-3-2-4-12-23)28-31-26-14-7-8-15-27(26)32(28)18-9-19-34-25-17-16-22-10-5-6-13-24(22)20-25/h2-8,10-17,20-21H,9,18-19H2,1H3,(H,30,33). The predicted molar refractivity (Wildman–Crippen MR) is 136 cm³/mol. The van der Waals surface area contributed by atoms with Crippen LogP contribution in [0.25, 0.3) is 21.8 Å². The van der Waals surface area contributed by atoms with E-state index in [-0.39, 0.29) is 11.9 Å². The number of carbonyl (C=O) groups is 1. The van der Waals surface area contributed by atoms with E-state index in [1.807, 2.05) is 73.7 Å². The molecule has 1 atom stereocenters. The van der Waals surface area contributed by atoms with E-state index in [0.717, 1.165) is 35.6 Å². The fourth-order valence-electron chi connectivity index (χ4n) is 4.26. The quantitative estimate of drug-likeness (QED) is 0.289. The number of aromatic nitrogens is 2. The molecule has 0 fully saturated rings. The molecular weight excluding hydrogens is 422 g/mol. The van der Waals surface area contributed by atoms with E-state index in [0.29, 0.717) is 12.2 Å². The molecule has 1 amide bonds. The molecule has 0 radical (unpaired) electrons. The van der Waals surface area contributed by atoms with Crippen molar-refractivity contribution >= 4 is 27.7 Å². The maximum absolute atomic E-state index is 12.7. The van der Waals surface area contributed by atoms with Crippen molar-refractivity contribution in [1.82, 2.24) is 14.9 Å². The summed E-state index contributed by atoms with van der Waals surface area (Å²) in [5.41, 5.74) is 2.62. The molecule has 5 rings (SSSR count). The molecule has 0 spiro atoms. The first kappa shape index (κ1) is 21.7. The number of aryl methyl sites for hydroxylation is 1. The van der Waals surface area contributed by atoms with Gasteiger partial charge in [0.25, 0.3) is 5.91 Å². The van der Waals surface area contributed by atoms with Gasteiger partial charge in [0, 0.05) is 12.1 Å². The maximum Gasteiger partial charge on any atom is 0.251 e. The van der Waals surface area contributed by atoms with Gasteiger partial charge in [-0.15, -0.1) is 0 Å². The Bertz CT molecular complexity index is 1430. The van der Waals surface area contributed by atoms with Crippen molar-refractivity contribution in [3.8, 4) is 5.75 Å². The molecule has 0 aliphatic rings. The molecule has 1 N–H and O–H groups in total. The molecule has 5 aromatic rings. The lowest BCUT2D eigenvalue weighted by atomic mass is 10.1. The van der Waals surface area contributed by atoms with Crippen LogP contribution in [0.1, 0.15) is 35.6 Å². The summed E-state index contributed by atoms with van der Waals surface area (Å²) >= 11 is 0. The third-order valence-corrected chi connectivity index (χ3v) is 5.97. The number of rotatable bonds is 8. The van der Waals surface area contributed by atoms with Crippen LogP contribution >= 0.6 is 0 Å². The normalized spacial score (nSPS) is 12.0. The van der Waals surface area contributed by atoms with Crippen LogP contribution in [-0.2, 0) is 6.54 Å². The monoisotopic (exact) mass is 449 g/mol. The Labute approximate surface area is 199 Å². The lowest BCUT2D eigenvalue weighted by Gasteiger charge is -2.17. The van der Waals surface area contributed by atoms with Gasteiger partial charge in [0.2, 0.25) is 0 Å². The minimum absolute atomic E-state index is 0.105. The molecule has 34 heavy (non-hydrogen) atoms. The van der Waals surface area contributed by atoms with Crippen LogP contribution in [0.3, 0.4) is 0 Å². The topological polar surface area (TPSA) is 56.2 Å². The zero-order valence-electron chi connectivity index (χ0n) is 19.1. The number of nitrogens with zero attached hydrogens (tertiary/aromatic N) is 2. The van der Waals surface area contributed by atoms with Crippen molar-refractivity contribution in [2.45, 2.75) is 25.9 Å². The number of carbonyl (C=O) groups excluding carboxylic acids is 1. The van der Waals surface area contributed by atoms with Crippen molar-refractivity contribution in [2.75, 3.05) is 6.61 Å². The first-order chi connectivity index (χ1) is 16.7. The molecule has 4 aromatic carbocycles. The third kappa shape index (κ3) is 4.64. The Morgan fingerprint density at radius 1 is 0.912 bits per heavy atom. The van der Waals surface area contributed by atoms with Gasteiger partial charge >= 0.3 is 0 Å². The first-order valence-electron chi connectivity index (χ1n) is 11.6. The molecule has 0 saturated heterocycles. The fraction of sp³-hybridized carbons (Fsp3) is 0.172. The first-order valence-corrected chi connectivity index (χ1v) is 11.6. The van der Waals surface area contributed by atoms with Gasteiger partial charge in [0.1, 0.15) is 11.6 Å². The minimum atomic E-state index is -0.235. The molecule has 0 aliphatic heterocycles. The second-order valence-corrected chi connectivity index (χ2v) is 8.38. The molecule has 170 valence electrons. The summed E-state index contributed by atoms with van der Waals surface area (Å²) in [6, 6.07) is 31.6. The molecule has 1 aromatic heterocycles. The Kier molecular flexibility index (Phi) is 6.25. The van der Waals surface area contributed by atoms with Crippen LogP contribution < -0.4 is 10.1 Å². The summed E-state index contributed by atoms with van der Waals surface area (Å²) in [4.78, 5) is 17.5. The van der Waals surface area contributed by atoms with Gasteiger partial charge < -0.3 is 14.6 Å². The molecule has 5 heteroatoms. The number of imidazole rings is 1. The smallest absolute Gasteiger partial charge is 0.251 e. The molecule has 1 unspecified atom stereocenters. The number of para-hydroxylation sites is 2. The molecule has 1 heterocycles. The Morgan fingerprint density at radius 2 is 1.65 bits per heavy atom. The molecular formula is C29H27N3O2. The number of fused-ring (bicyclic) bond motifs is 2. The number of amides is 1. The summed E-state index contributed by atoms with van der Waals surface area (Å²) in [6.45, 7) is 3.31. The van der Waals surface area contributed by atoms with Gasteiger partial charge in [0.05, 0.1) is 23.7 Å². The summed E-state index contributed by atoms with van der Waals surface area (Å²) < 4.78 is 8.23. The number of ether oxygens (including phenoxy) is 1. The summed E-state index contributed by atoms with van der Waals surface area (Å²) in [6.07, 6.45) is 0.819. The Hall–Kier alpha value is -4.12. The van der Waals surface area contributed by atoms with Gasteiger partial charge in [-0.3, -0.25) is 4.79 Å². The Balaban J connectivity index is 1.29. The van der Waals surface area contributed by atoms with Gasteiger partial charge in [-0.1, -0.05) is 60.7 Å². The SMILES string of the molecule is CC(NC(=O)c1ccccc1)c1nc2ccccc2n1CCCOc1ccc2ccccc2c1. The van der Waals surface area contributed by atoms with Gasteiger partial charge in [-0.25, -0.2) is 4.98 Å². The largest absolute Gasteiger partial charge is 0.494 e. The minimum Gasteiger partial charge on any atom is -0.494 e. The molecule has 0 aliphatic carbocycles. The van der Waals surface area contributed by atoms with E-state index in [9.17, 15) is 4.79 Å². The van der Waals surface area contributed by atoms with Gasteiger partial charge in [0.15, 0.2) is 0 Å². The van der Waals surface area contributed by atoms with Crippen molar-refractivity contribution in [3.63, 3.8) is 0 Å². The highest BCUT2D eigenvalue weighted by Crippen LogP contribution is 2.23. The molecule has 5 nitrogen and oxygen atoms in total. The van der Waals surface area contributed by atoms with Gasteiger partial charge in [-0.2, -0.15) is 0 Å². The van der Waals surface area contributed by atoms with E-state index >= 15 is 0 Å². The average molecular weight is 450 g/mol. The lowest BCUT2D eigenvalue weighted by Crippen LogP contribution is -2.28. The molecule has 0 bridgehead atoms. The average Bonchev–Trinajstić information content (AvgIpc) is 3.26. The number of benzene rings is 4. The van der Waals surface area contributed by atoms with E-state index < -0.39 is 0 Å². The predicted octanol–water partition coefficient (Wildman–Crippen LogP) is 6.15. The van der Waals surface area contributed by atoms with Crippen molar-refractivity contribution in [1.29, 1.82) is 0 Å². The number of hydrogen-bond acceptors (Lipinski definition) is 3. The van der Waals surface area contributed by atoms with Crippen LogP contribution in [0.4, 0.5) is 0 Å². The van der Waals surface area contributed by atoms with Crippen LogP contribution in [0.5, 0.6) is 5.75 Å². The van der Waals surface area contributed by atoms with Crippen molar-refractivity contribution in [2.24, 2.45) is 0 Å². The zero-order valence-corrected chi connectivity index (χ0v) is 19.1. The highest BCUT2D eigenvalue weighted by atomic mass is 16.5. The van der Waals surface area contributed by atoms with Crippen LogP contribution in [0.15, 0.2) is 97.1 Å². The second kappa shape index (κ2) is 9.79. The highest BCUT2D eigenvalue weighted by Gasteiger charge is 2.19.